The highest BCUT2D eigenvalue weighted by atomic mass is 16.5. The van der Waals surface area contributed by atoms with E-state index in [2.05, 4.69) is 4.99 Å². The highest BCUT2D eigenvalue weighted by Crippen LogP contribution is 2.25. The molecule has 0 amide bonds. The quantitative estimate of drug-likeness (QED) is 0.810. The zero-order chi connectivity index (χ0) is 12.6. The number of benzene rings is 1. The Bertz CT molecular complexity index is 495. The second-order valence-corrected chi connectivity index (χ2v) is 4.06. The first-order chi connectivity index (χ1) is 7.99. The van der Waals surface area contributed by atoms with Crippen LogP contribution in [0.1, 0.15) is 18.1 Å². The number of carbonyl (C=O) groups is 1. The summed E-state index contributed by atoms with van der Waals surface area (Å²) in [7, 11) is 0. The summed E-state index contributed by atoms with van der Waals surface area (Å²) >= 11 is 0. The number of hydrogen-bond donors (Lipinski definition) is 2. The number of phenols is 1. The molecule has 0 bridgehead atoms. The summed E-state index contributed by atoms with van der Waals surface area (Å²) in [6.45, 7) is 3.49. The van der Waals surface area contributed by atoms with Gasteiger partial charge in [0.25, 0.3) is 0 Å². The number of aliphatic imine (C=N–C) groups is 1. The molecule has 90 valence electrons. The van der Waals surface area contributed by atoms with Crippen LogP contribution in [0.4, 0.5) is 0 Å². The molecular formula is C12H13NO4. The first-order valence-electron chi connectivity index (χ1n) is 5.26. The molecule has 5 heteroatoms. The lowest BCUT2D eigenvalue weighted by Gasteiger charge is -2.09. The standard InChI is InChI=1S/C12H13NO4/c1-6-3-4-8(9(14)5-6)11-13-10(12(15)16)7(2)17-11/h3-5,7,10,14H,1-2H3,(H,15,16)/t7-,10+/m0/s1. The molecule has 1 aliphatic rings. The molecule has 0 aromatic heterocycles. The van der Waals surface area contributed by atoms with Gasteiger partial charge in [-0.2, -0.15) is 0 Å². The summed E-state index contributed by atoms with van der Waals surface area (Å²) in [5, 5.41) is 18.7. The predicted molar refractivity (Wildman–Crippen MR) is 61.4 cm³/mol. The van der Waals surface area contributed by atoms with Crippen LogP contribution in [0.25, 0.3) is 0 Å². The Labute approximate surface area is 98.4 Å². The number of carboxylic acid groups (broad SMARTS) is 1. The maximum Gasteiger partial charge on any atom is 0.332 e. The Morgan fingerprint density at radius 1 is 1.47 bits per heavy atom. The Morgan fingerprint density at radius 3 is 2.71 bits per heavy atom. The molecule has 0 saturated heterocycles. The van der Waals surface area contributed by atoms with E-state index >= 15 is 0 Å². The zero-order valence-corrected chi connectivity index (χ0v) is 9.54. The number of aromatic hydroxyl groups is 1. The van der Waals surface area contributed by atoms with Crippen LogP contribution in [0.2, 0.25) is 0 Å². The lowest BCUT2D eigenvalue weighted by molar-refractivity contribution is -0.139. The summed E-state index contributed by atoms with van der Waals surface area (Å²) in [5.41, 5.74) is 1.33. The third kappa shape index (κ3) is 2.08. The van der Waals surface area contributed by atoms with Crippen LogP contribution >= 0.6 is 0 Å². The van der Waals surface area contributed by atoms with Crippen molar-refractivity contribution in [1.29, 1.82) is 0 Å². The average molecular weight is 235 g/mol. The van der Waals surface area contributed by atoms with Crippen LogP contribution in [0.5, 0.6) is 5.75 Å². The van der Waals surface area contributed by atoms with E-state index < -0.39 is 18.1 Å². The number of phenolic OH excluding ortho intramolecular Hbond substituents is 1. The Kier molecular flexibility index (Phi) is 2.75. The van der Waals surface area contributed by atoms with Crippen molar-refractivity contribution < 1.29 is 19.7 Å². The van der Waals surface area contributed by atoms with Crippen molar-refractivity contribution in [1.82, 2.24) is 0 Å². The van der Waals surface area contributed by atoms with E-state index in [9.17, 15) is 9.90 Å². The summed E-state index contributed by atoms with van der Waals surface area (Å²) in [5.74, 6) is -0.802. The van der Waals surface area contributed by atoms with Crippen molar-refractivity contribution in [3.8, 4) is 5.75 Å². The second-order valence-electron chi connectivity index (χ2n) is 4.06. The highest BCUT2D eigenvalue weighted by Gasteiger charge is 2.34. The molecule has 5 nitrogen and oxygen atoms in total. The summed E-state index contributed by atoms with van der Waals surface area (Å²) in [4.78, 5) is 14.8. The van der Waals surface area contributed by atoms with Crippen LogP contribution in [0, 0.1) is 6.92 Å². The molecule has 2 N–H and O–H groups in total. The Morgan fingerprint density at radius 2 is 2.18 bits per heavy atom. The summed E-state index contributed by atoms with van der Waals surface area (Å²) in [6.07, 6.45) is -0.525. The maximum absolute atomic E-state index is 10.9. The van der Waals surface area contributed by atoms with E-state index in [0.29, 0.717) is 5.56 Å². The molecule has 0 spiro atoms. The van der Waals surface area contributed by atoms with E-state index in [1.165, 1.54) is 0 Å². The van der Waals surface area contributed by atoms with E-state index in [4.69, 9.17) is 9.84 Å². The largest absolute Gasteiger partial charge is 0.507 e. The van der Waals surface area contributed by atoms with Gasteiger partial charge in [0, 0.05) is 0 Å². The van der Waals surface area contributed by atoms with Gasteiger partial charge < -0.3 is 14.9 Å². The number of hydrogen-bond acceptors (Lipinski definition) is 4. The van der Waals surface area contributed by atoms with E-state index in [1.807, 2.05) is 6.92 Å². The summed E-state index contributed by atoms with van der Waals surface area (Å²) in [6, 6.07) is 4.14. The minimum atomic E-state index is -1.03. The van der Waals surface area contributed by atoms with Crippen molar-refractivity contribution >= 4 is 11.9 Å². The van der Waals surface area contributed by atoms with Gasteiger partial charge in [-0.15, -0.1) is 0 Å². The first kappa shape index (κ1) is 11.4. The van der Waals surface area contributed by atoms with Crippen LogP contribution in [0.3, 0.4) is 0 Å². The van der Waals surface area contributed by atoms with Crippen molar-refractivity contribution in [3.63, 3.8) is 0 Å². The molecule has 2 rings (SSSR count). The topological polar surface area (TPSA) is 79.1 Å². The molecule has 1 heterocycles. The maximum atomic E-state index is 10.9. The molecule has 2 atom stereocenters. The van der Waals surface area contributed by atoms with Crippen LogP contribution in [-0.4, -0.2) is 34.2 Å². The SMILES string of the molecule is Cc1ccc(C2=N[C@@H](C(=O)O)[C@H](C)O2)c(O)c1. The van der Waals surface area contributed by atoms with Crippen LogP contribution < -0.4 is 0 Å². The van der Waals surface area contributed by atoms with Gasteiger partial charge in [-0.3, -0.25) is 0 Å². The number of nitrogens with zero attached hydrogens (tertiary/aromatic N) is 1. The predicted octanol–water partition coefficient (Wildman–Crippen LogP) is 1.32. The number of aliphatic carboxylic acids is 1. The van der Waals surface area contributed by atoms with Crippen molar-refractivity contribution in [2.75, 3.05) is 0 Å². The van der Waals surface area contributed by atoms with Gasteiger partial charge in [-0.05, 0) is 31.5 Å². The number of carboxylic acids is 1. The van der Waals surface area contributed by atoms with Crippen molar-refractivity contribution in [3.05, 3.63) is 29.3 Å². The van der Waals surface area contributed by atoms with Gasteiger partial charge in [0.1, 0.15) is 11.9 Å². The Hall–Kier alpha value is -2.04. The molecule has 0 unspecified atom stereocenters. The van der Waals surface area contributed by atoms with Gasteiger partial charge in [0.2, 0.25) is 5.90 Å². The fourth-order valence-corrected chi connectivity index (χ4v) is 1.71. The van der Waals surface area contributed by atoms with Crippen LogP contribution in [0.15, 0.2) is 23.2 Å². The number of rotatable bonds is 2. The zero-order valence-electron chi connectivity index (χ0n) is 9.54. The van der Waals surface area contributed by atoms with E-state index in [1.54, 1.807) is 25.1 Å². The Balaban J connectivity index is 2.36. The fourth-order valence-electron chi connectivity index (χ4n) is 1.71. The molecule has 0 radical (unpaired) electrons. The smallest absolute Gasteiger partial charge is 0.332 e. The number of ether oxygens (including phenoxy) is 1. The van der Waals surface area contributed by atoms with Gasteiger partial charge in [-0.1, -0.05) is 6.07 Å². The molecule has 1 aromatic rings. The number of aryl methyl sites for hydroxylation is 1. The lowest BCUT2D eigenvalue weighted by Crippen LogP contribution is -2.27. The minimum Gasteiger partial charge on any atom is -0.507 e. The van der Waals surface area contributed by atoms with Crippen molar-refractivity contribution in [2.24, 2.45) is 4.99 Å². The fraction of sp³-hybridized carbons (Fsp3) is 0.333. The van der Waals surface area contributed by atoms with E-state index in [0.717, 1.165) is 5.56 Å². The minimum absolute atomic E-state index is 0.0435. The molecule has 1 aliphatic heterocycles. The van der Waals surface area contributed by atoms with E-state index in [-0.39, 0.29) is 11.6 Å². The second kappa shape index (κ2) is 4.08. The molecule has 0 fully saturated rings. The summed E-state index contributed by atoms with van der Waals surface area (Å²) < 4.78 is 5.35. The normalized spacial score (nSPS) is 23.1. The third-order valence-corrected chi connectivity index (χ3v) is 2.64. The average Bonchev–Trinajstić information content (AvgIpc) is 2.60. The molecule has 0 aliphatic carbocycles. The van der Waals surface area contributed by atoms with Crippen LogP contribution in [-0.2, 0) is 9.53 Å². The van der Waals surface area contributed by atoms with Gasteiger partial charge in [0.05, 0.1) is 5.56 Å². The first-order valence-corrected chi connectivity index (χ1v) is 5.26. The van der Waals surface area contributed by atoms with Gasteiger partial charge >= 0.3 is 5.97 Å². The lowest BCUT2D eigenvalue weighted by atomic mass is 10.1. The highest BCUT2D eigenvalue weighted by molar-refractivity contribution is 5.99. The molecule has 1 aromatic carbocycles. The monoisotopic (exact) mass is 235 g/mol. The van der Waals surface area contributed by atoms with Gasteiger partial charge in [-0.25, -0.2) is 9.79 Å². The van der Waals surface area contributed by atoms with Crippen molar-refractivity contribution in [2.45, 2.75) is 26.0 Å². The molecule has 0 saturated carbocycles. The third-order valence-electron chi connectivity index (χ3n) is 2.64. The van der Waals surface area contributed by atoms with Gasteiger partial charge in [0.15, 0.2) is 6.04 Å². The molecule has 17 heavy (non-hydrogen) atoms. The molecular weight excluding hydrogens is 222 g/mol.